The molecule has 21 heavy (non-hydrogen) atoms. The van der Waals surface area contributed by atoms with Crippen LogP contribution in [0.5, 0.6) is 0 Å². The van der Waals surface area contributed by atoms with E-state index in [1.54, 1.807) is 7.05 Å². The Morgan fingerprint density at radius 3 is 2.10 bits per heavy atom. The van der Waals surface area contributed by atoms with Crippen LogP contribution in [0.25, 0.3) is 0 Å². The minimum Gasteiger partial charge on any atom is -0.399 e. The average Bonchev–Trinajstić information content (AvgIpc) is 2.37. The summed E-state index contributed by atoms with van der Waals surface area (Å²) in [6.45, 7) is 2.19. The molecule has 0 saturated heterocycles. The maximum Gasteiger partial charge on any atom is 0.246 e. The maximum atomic E-state index is 12.8. The van der Waals surface area contributed by atoms with Crippen LogP contribution < -0.4 is 5.73 Å². The maximum absolute atomic E-state index is 12.8. The highest BCUT2D eigenvalue weighted by Crippen LogP contribution is 2.36. The van der Waals surface area contributed by atoms with Crippen LogP contribution in [0.1, 0.15) is 32.6 Å². The fraction of sp³-hybridized carbons (Fsp3) is 0.571. The third-order valence-electron chi connectivity index (χ3n) is 4.16. The first-order valence-electron chi connectivity index (χ1n) is 6.96. The van der Waals surface area contributed by atoms with Gasteiger partial charge in [-0.1, -0.05) is 30.1 Å². The first kappa shape index (κ1) is 16.9. The minimum absolute atomic E-state index is 0.00381. The monoisotopic (exact) mass is 350 g/mol. The van der Waals surface area contributed by atoms with Gasteiger partial charge in [0.1, 0.15) is 4.90 Å². The first-order valence-corrected chi connectivity index (χ1v) is 9.15. The minimum atomic E-state index is -3.72. The van der Waals surface area contributed by atoms with E-state index in [1.165, 1.54) is 16.4 Å². The van der Waals surface area contributed by atoms with Crippen LogP contribution in [-0.4, -0.2) is 25.8 Å². The Morgan fingerprint density at radius 1 is 1.14 bits per heavy atom. The fourth-order valence-electron chi connectivity index (χ4n) is 2.77. The van der Waals surface area contributed by atoms with Crippen molar-refractivity contribution in [3.05, 3.63) is 22.2 Å². The summed E-state index contributed by atoms with van der Waals surface area (Å²) in [5.41, 5.74) is 5.97. The van der Waals surface area contributed by atoms with Crippen LogP contribution in [0.4, 0.5) is 5.69 Å². The molecule has 4 nitrogen and oxygen atoms in total. The second-order valence-electron chi connectivity index (χ2n) is 5.75. The fourth-order valence-corrected chi connectivity index (χ4v) is 5.36. The van der Waals surface area contributed by atoms with Gasteiger partial charge in [-0.25, -0.2) is 8.42 Å². The van der Waals surface area contributed by atoms with Crippen molar-refractivity contribution in [1.82, 2.24) is 4.31 Å². The summed E-state index contributed by atoms with van der Waals surface area (Å²) in [5, 5.41) is 0.132. The molecule has 0 radical (unpaired) electrons. The second kappa shape index (κ2) is 6.32. The van der Waals surface area contributed by atoms with Crippen molar-refractivity contribution in [2.24, 2.45) is 5.92 Å². The van der Waals surface area contributed by atoms with Gasteiger partial charge >= 0.3 is 0 Å². The highest BCUT2D eigenvalue weighted by atomic mass is 35.5. The Labute approximate surface area is 136 Å². The largest absolute Gasteiger partial charge is 0.399 e. The van der Waals surface area contributed by atoms with E-state index >= 15 is 0 Å². The summed E-state index contributed by atoms with van der Waals surface area (Å²) in [5.74, 6) is 0.654. The molecule has 0 amide bonds. The third-order valence-corrected chi connectivity index (χ3v) is 6.99. The molecule has 1 saturated carbocycles. The van der Waals surface area contributed by atoms with Gasteiger partial charge in [0, 0.05) is 18.8 Å². The molecule has 0 atom stereocenters. The Hall–Kier alpha value is -0.490. The predicted octanol–water partition coefficient (Wildman–Crippen LogP) is 3.77. The zero-order valence-corrected chi connectivity index (χ0v) is 14.5. The van der Waals surface area contributed by atoms with E-state index in [2.05, 4.69) is 6.92 Å². The molecule has 118 valence electrons. The van der Waals surface area contributed by atoms with Crippen molar-refractivity contribution in [3.8, 4) is 0 Å². The van der Waals surface area contributed by atoms with Gasteiger partial charge < -0.3 is 5.73 Å². The van der Waals surface area contributed by atoms with Crippen molar-refractivity contribution in [3.63, 3.8) is 0 Å². The Morgan fingerprint density at radius 2 is 1.62 bits per heavy atom. The van der Waals surface area contributed by atoms with Gasteiger partial charge in [-0.05, 0) is 43.7 Å². The van der Waals surface area contributed by atoms with Crippen molar-refractivity contribution in [2.75, 3.05) is 12.8 Å². The van der Waals surface area contributed by atoms with Gasteiger partial charge in [0.05, 0.1) is 10.0 Å². The number of hydrogen-bond acceptors (Lipinski definition) is 3. The molecule has 1 aliphatic rings. The molecular weight excluding hydrogens is 331 g/mol. The summed E-state index contributed by atoms with van der Waals surface area (Å²) < 4.78 is 27.0. The Bertz CT molecular complexity index is 603. The molecule has 1 aromatic carbocycles. The average molecular weight is 351 g/mol. The van der Waals surface area contributed by atoms with Crippen LogP contribution >= 0.6 is 23.2 Å². The topological polar surface area (TPSA) is 63.4 Å². The number of benzene rings is 1. The van der Waals surface area contributed by atoms with Crippen LogP contribution in [0.3, 0.4) is 0 Å². The van der Waals surface area contributed by atoms with Crippen molar-refractivity contribution in [1.29, 1.82) is 0 Å². The smallest absolute Gasteiger partial charge is 0.246 e. The predicted molar refractivity (Wildman–Crippen MR) is 87.2 cm³/mol. The lowest BCUT2D eigenvalue weighted by Gasteiger charge is -2.33. The Balaban J connectivity index is 2.34. The molecule has 1 fully saturated rings. The second-order valence-corrected chi connectivity index (χ2v) is 8.50. The summed E-state index contributed by atoms with van der Waals surface area (Å²) in [6, 6.07) is 2.82. The van der Waals surface area contributed by atoms with Gasteiger partial charge in [-0.2, -0.15) is 4.31 Å². The molecule has 2 N–H and O–H groups in total. The summed E-state index contributed by atoms with van der Waals surface area (Å²) in [4.78, 5) is -0.0545. The van der Waals surface area contributed by atoms with Crippen molar-refractivity contribution >= 4 is 38.9 Å². The number of nitrogens with zero attached hydrogens (tertiary/aromatic N) is 1. The summed E-state index contributed by atoms with van der Waals surface area (Å²) in [6.07, 6.45) is 3.80. The standard InChI is InChI=1S/C14H20Cl2N2O2S/c1-9-3-5-11(6-4-9)18(2)21(19,20)14-12(15)7-10(17)8-13(14)16/h7-9,11H,3-6,17H2,1-2H3. The van der Waals surface area contributed by atoms with Gasteiger partial charge in [0.2, 0.25) is 10.0 Å². The quantitative estimate of drug-likeness (QED) is 0.843. The van der Waals surface area contributed by atoms with Gasteiger partial charge in [0.25, 0.3) is 0 Å². The molecule has 0 spiro atoms. The number of anilines is 1. The van der Waals surface area contributed by atoms with Crippen LogP contribution in [0.15, 0.2) is 17.0 Å². The SMILES string of the molecule is CC1CCC(N(C)S(=O)(=O)c2c(Cl)cc(N)cc2Cl)CC1. The highest BCUT2D eigenvalue weighted by molar-refractivity contribution is 7.89. The molecule has 0 unspecified atom stereocenters. The van der Waals surface area contributed by atoms with E-state index in [0.29, 0.717) is 11.6 Å². The highest BCUT2D eigenvalue weighted by Gasteiger charge is 2.33. The van der Waals surface area contributed by atoms with Crippen molar-refractivity contribution < 1.29 is 8.42 Å². The van der Waals surface area contributed by atoms with Crippen LogP contribution in [-0.2, 0) is 10.0 Å². The van der Waals surface area contributed by atoms with E-state index in [0.717, 1.165) is 25.7 Å². The van der Waals surface area contributed by atoms with Gasteiger partial charge in [-0.15, -0.1) is 0 Å². The van der Waals surface area contributed by atoms with E-state index in [1.807, 2.05) is 0 Å². The number of nitrogen functional groups attached to an aromatic ring is 1. The number of sulfonamides is 1. The number of nitrogens with two attached hydrogens (primary N) is 1. The van der Waals surface area contributed by atoms with Gasteiger partial charge in [-0.3, -0.25) is 0 Å². The normalized spacial score (nSPS) is 23.5. The molecule has 1 aliphatic carbocycles. The zero-order valence-electron chi connectivity index (χ0n) is 12.1. The van der Waals surface area contributed by atoms with Crippen LogP contribution in [0, 0.1) is 5.92 Å². The van der Waals surface area contributed by atoms with E-state index in [-0.39, 0.29) is 21.0 Å². The molecule has 0 bridgehead atoms. The lowest BCUT2D eigenvalue weighted by Crippen LogP contribution is -2.39. The molecular formula is C14H20Cl2N2O2S. The van der Waals surface area contributed by atoms with E-state index < -0.39 is 10.0 Å². The van der Waals surface area contributed by atoms with E-state index in [9.17, 15) is 8.42 Å². The van der Waals surface area contributed by atoms with Crippen molar-refractivity contribution in [2.45, 2.75) is 43.5 Å². The summed E-state index contributed by atoms with van der Waals surface area (Å²) >= 11 is 12.1. The molecule has 2 rings (SSSR count). The lowest BCUT2D eigenvalue weighted by molar-refractivity contribution is 0.246. The number of rotatable bonds is 3. The number of hydrogen-bond donors (Lipinski definition) is 1. The first-order chi connectivity index (χ1) is 9.73. The Kier molecular flexibility index (Phi) is 5.08. The lowest BCUT2D eigenvalue weighted by atomic mass is 9.87. The van der Waals surface area contributed by atoms with Crippen LogP contribution in [0.2, 0.25) is 10.0 Å². The summed E-state index contributed by atoms with van der Waals surface area (Å²) in [7, 11) is -2.12. The third kappa shape index (κ3) is 3.47. The zero-order chi connectivity index (χ0) is 15.8. The molecule has 0 aliphatic heterocycles. The van der Waals surface area contributed by atoms with E-state index in [4.69, 9.17) is 28.9 Å². The molecule has 0 heterocycles. The number of halogens is 2. The molecule has 7 heteroatoms. The molecule has 1 aromatic rings. The molecule has 0 aromatic heterocycles. The van der Waals surface area contributed by atoms with Gasteiger partial charge in [0.15, 0.2) is 0 Å².